The Bertz CT molecular complexity index is 1020. The summed E-state index contributed by atoms with van der Waals surface area (Å²) in [6, 6.07) is 10.2. The van der Waals surface area contributed by atoms with Crippen molar-refractivity contribution in [3.63, 3.8) is 0 Å². The molecule has 5 nitrogen and oxygen atoms in total. The van der Waals surface area contributed by atoms with Crippen LogP contribution in [0.25, 0.3) is 11.0 Å². The number of esters is 1. The van der Waals surface area contributed by atoms with Gasteiger partial charge >= 0.3 is 5.97 Å². The van der Waals surface area contributed by atoms with E-state index < -0.39 is 29.6 Å². The largest absolute Gasteiger partial charge is 0.451 e. The monoisotopic (exact) mass is 360 g/mol. The second-order valence-electron chi connectivity index (χ2n) is 5.12. The lowest BCUT2D eigenvalue weighted by molar-refractivity contribution is 0.0444. The van der Waals surface area contributed by atoms with Crippen LogP contribution in [0.5, 0.6) is 0 Å². The van der Waals surface area contributed by atoms with E-state index in [2.05, 4.69) is 0 Å². The van der Waals surface area contributed by atoms with Gasteiger partial charge in [-0.1, -0.05) is 11.6 Å². The number of fused-ring (bicyclic) bond motifs is 1. The van der Waals surface area contributed by atoms with Crippen molar-refractivity contribution in [1.82, 2.24) is 0 Å². The summed E-state index contributed by atoms with van der Waals surface area (Å²) < 4.78 is 23.0. The van der Waals surface area contributed by atoms with Crippen LogP contribution in [0.4, 0.5) is 4.39 Å². The third kappa shape index (κ3) is 3.75. The fourth-order valence-electron chi connectivity index (χ4n) is 2.15. The van der Waals surface area contributed by atoms with E-state index in [9.17, 15) is 18.8 Å². The van der Waals surface area contributed by atoms with Gasteiger partial charge in [-0.15, -0.1) is 0 Å². The van der Waals surface area contributed by atoms with Gasteiger partial charge in [-0.05, 0) is 42.5 Å². The zero-order chi connectivity index (χ0) is 18.0. The van der Waals surface area contributed by atoms with Crippen LogP contribution in [0.2, 0.25) is 5.02 Å². The quantitative estimate of drug-likeness (QED) is 0.524. The smallest absolute Gasteiger partial charge is 0.374 e. The first-order valence-electron chi connectivity index (χ1n) is 7.13. The molecule has 0 atom stereocenters. The van der Waals surface area contributed by atoms with Crippen LogP contribution >= 0.6 is 11.6 Å². The highest BCUT2D eigenvalue weighted by atomic mass is 35.5. The lowest BCUT2D eigenvalue weighted by Crippen LogP contribution is -2.16. The highest BCUT2D eigenvalue weighted by Gasteiger charge is 2.16. The van der Waals surface area contributed by atoms with Crippen LogP contribution in [0.3, 0.4) is 0 Å². The van der Waals surface area contributed by atoms with E-state index in [0.29, 0.717) is 5.02 Å². The van der Waals surface area contributed by atoms with Crippen molar-refractivity contribution in [2.45, 2.75) is 0 Å². The van der Waals surface area contributed by atoms with E-state index in [1.165, 1.54) is 30.3 Å². The number of hydrogen-bond acceptors (Lipinski definition) is 5. The summed E-state index contributed by atoms with van der Waals surface area (Å²) in [7, 11) is 0. The predicted octanol–water partition coefficient (Wildman–Crippen LogP) is 3.63. The maximum atomic E-state index is 12.8. The van der Waals surface area contributed by atoms with Gasteiger partial charge in [0.1, 0.15) is 11.4 Å². The molecule has 0 fully saturated rings. The van der Waals surface area contributed by atoms with Crippen LogP contribution in [-0.2, 0) is 4.74 Å². The molecular formula is C18H10ClFO5. The maximum Gasteiger partial charge on any atom is 0.374 e. The van der Waals surface area contributed by atoms with Crippen molar-refractivity contribution < 1.29 is 23.1 Å². The molecule has 0 aliphatic rings. The summed E-state index contributed by atoms with van der Waals surface area (Å²) in [6.07, 6.45) is 0. The number of rotatable bonds is 4. The third-order valence-electron chi connectivity index (χ3n) is 3.39. The average molecular weight is 361 g/mol. The number of halogens is 2. The van der Waals surface area contributed by atoms with Crippen LogP contribution in [0, 0.1) is 5.82 Å². The first-order valence-corrected chi connectivity index (χ1v) is 7.51. The van der Waals surface area contributed by atoms with Crippen LogP contribution in [-0.4, -0.2) is 18.4 Å². The minimum atomic E-state index is -0.954. The van der Waals surface area contributed by atoms with Gasteiger partial charge in [0.05, 0.1) is 5.39 Å². The minimum Gasteiger partial charge on any atom is -0.451 e. The molecule has 0 amide bonds. The summed E-state index contributed by atoms with van der Waals surface area (Å²) in [4.78, 5) is 35.9. The van der Waals surface area contributed by atoms with E-state index in [4.69, 9.17) is 20.8 Å². The molecule has 0 saturated heterocycles. The van der Waals surface area contributed by atoms with Crippen molar-refractivity contribution in [2.75, 3.05) is 6.61 Å². The van der Waals surface area contributed by atoms with Gasteiger partial charge in [0, 0.05) is 16.7 Å². The molecule has 3 aromatic rings. The number of carbonyl (C=O) groups is 2. The number of ketones is 1. The highest BCUT2D eigenvalue weighted by molar-refractivity contribution is 6.31. The Morgan fingerprint density at radius 1 is 1.08 bits per heavy atom. The second kappa shape index (κ2) is 6.86. The first-order chi connectivity index (χ1) is 11.9. The fourth-order valence-corrected chi connectivity index (χ4v) is 2.32. The number of carbonyl (C=O) groups excluding carboxylic acids is 2. The van der Waals surface area contributed by atoms with Crippen molar-refractivity contribution >= 4 is 34.3 Å². The topological polar surface area (TPSA) is 73.6 Å². The van der Waals surface area contributed by atoms with Gasteiger partial charge in [0.2, 0.25) is 5.76 Å². The Morgan fingerprint density at radius 2 is 1.80 bits per heavy atom. The van der Waals surface area contributed by atoms with Crippen LogP contribution in [0.1, 0.15) is 20.9 Å². The van der Waals surface area contributed by atoms with Gasteiger partial charge in [0.15, 0.2) is 17.8 Å². The number of ether oxygens (including phenoxy) is 1. The summed E-state index contributed by atoms with van der Waals surface area (Å²) in [5.74, 6) is -2.27. The van der Waals surface area contributed by atoms with E-state index >= 15 is 0 Å². The molecule has 0 bridgehead atoms. The Morgan fingerprint density at radius 3 is 2.52 bits per heavy atom. The van der Waals surface area contributed by atoms with E-state index in [1.807, 2.05) is 0 Å². The van der Waals surface area contributed by atoms with Crippen molar-refractivity contribution in [1.29, 1.82) is 0 Å². The average Bonchev–Trinajstić information content (AvgIpc) is 2.60. The highest BCUT2D eigenvalue weighted by Crippen LogP contribution is 2.18. The Labute approximate surface area is 145 Å². The van der Waals surface area contributed by atoms with Gasteiger partial charge in [-0.2, -0.15) is 0 Å². The molecule has 7 heteroatoms. The summed E-state index contributed by atoms with van der Waals surface area (Å²) >= 11 is 5.81. The van der Waals surface area contributed by atoms with Gasteiger partial charge in [-0.3, -0.25) is 9.59 Å². The minimum absolute atomic E-state index is 0.175. The molecule has 0 aliphatic carbocycles. The number of Topliss-reactive ketones (excluding diaryl/α,β-unsaturated/α-hetero) is 1. The summed E-state index contributed by atoms with van der Waals surface area (Å²) in [5, 5.41) is 0.589. The number of hydrogen-bond donors (Lipinski definition) is 0. The fraction of sp³-hybridized carbons (Fsp3) is 0.0556. The van der Waals surface area contributed by atoms with Crippen LogP contribution < -0.4 is 5.43 Å². The molecule has 0 spiro atoms. The van der Waals surface area contributed by atoms with E-state index in [-0.39, 0.29) is 22.3 Å². The molecule has 1 aromatic heterocycles. The normalized spacial score (nSPS) is 10.6. The lowest BCUT2D eigenvalue weighted by atomic mass is 10.1. The molecule has 0 aliphatic heterocycles. The van der Waals surface area contributed by atoms with Gasteiger partial charge in [0.25, 0.3) is 0 Å². The third-order valence-corrected chi connectivity index (χ3v) is 3.63. The first kappa shape index (κ1) is 16.9. The molecule has 126 valence electrons. The van der Waals surface area contributed by atoms with Gasteiger partial charge in [-0.25, -0.2) is 9.18 Å². The maximum absolute atomic E-state index is 12.8. The molecule has 25 heavy (non-hydrogen) atoms. The Kier molecular flexibility index (Phi) is 4.63. The zero-order valence-electron chi connectivity index (χ0n) is 12.6. The summed E-state index contributed by atoms with van der Waals surface area (Å²) in [6.45, 7) is -0.563. The molecule has 3 rings (SSSR count). The lowest BCUT2D eigenvalue weighted by Gasteiger charge is -2.05. The standard InChI is InChI=1S/C18H10ClFO5/c19-11-3-6-16-13(7-11)14(21)8-17(25-16)18(23)24-9-15(22)10-1-4-12(20)5-2-10/h1-8H,9H2. The molecular weight excluding hydrogens is 351 g/mol. The second-order valence-corrected chi connectivity index (χ2v) is 5.56. The molecule has 0 saturated carbocycles. The number of benzene rings is 2. The molecule has 0 unspecified atom stereocenters. The molecule has 1 heterocycles. The van der Waals surface area contributed by atoms with Crippen molar-refractivity contribution in [2.24, 2.45) is 0 Å². The molecule has 0 radical (unpaired) electrons. The summed E-state index contributed by atoms with van der Waals surface area (Å²) in [5.41, 5.74) is -0.0851. The van der Waals surface area contributed by atoms with Crippen molar-refractivity contribution in [3.05, 3.63) is 80.9 Å². The van der Waals surface area contributed by atoms with E-state index in [0.717, 1.165) is 18.2 Å². The van der Waals surface area contributed by atoms with E-state index in [1.54, 1.807) is 0 Å². The van der Waals surface area contributed by atoms with Gasteiger partial charge < -0.3 is 9.15 Å². The Hall–Kier alpha value is -2.99. The Balaban J connectivity index is 1.76. The molecule has 0 N–H and O–H groups in total. The van der Waals surface area contributed by atoms with Crippen LogP contribution in [0.15, 0.2) is 57.7 Å². The van der Waals surface area contributed by atoms with Crippen molar-refractivity contribution in [3.8, 4) is 0 Å². The SMILES string of the molecule is O=C(COC(=O)c1cc(=O)c2cc(Cl)ccc2o1)c1ccc(F)cc1. The predicted molar refractivity (Wildman–Crippen MR) is 88.5 cm³/mol. The molecule has 2 aromatic carbocycles. The zero-order valence-corrected chi connectivity index (χ0v) is 13.4.